The Morgan fingerprint density at radius 2 is 1.76 bits per heavy atom. The van der Waals surface area contributed by atoms with E-state index < -0.39 is 53.0 Å². The lowest BCUT2D eigenvalue weighted by molar-refractivity contribution is -0.384. The highest BCUT2D eigenvalue weighted by Crippen LogP contribution is 2.54. The molecule has 1 amide bonds. The lowest BCUT2D eigenvalue weighted by Gasteiger charge is -2.57. The predicted octanol–water partition coefficient (Wildman–Crippen LogP) is 7.98. The van der Waals surface area contributed by atoms with E-state index in [9.17, 15) is 36.9 Å². The van der Waals surface area contributed by atoms with Gasteiger partial charge in [-0.2, -0.15) is 4.98 Å². The number of benzene rings is 3. The van der Waals surface area contributed by atoms with Crippen LogP contribution in [0.4, 0.5) is 28.4 Å². The van der Waals surface area contributed by atoms with Crippen LogP contribution in [0, 0.1) is 21.4 Å². The van der Waals surface area contributed by atoms with Crippen molar-refractivity contribution in [2.45, 2.75) is 119 Å². The van der Waals surface area contributed by atoms with Gasteiger partial charge in [-0.15, -0.1) is 0 Å². The second-order valence-corrected chi connectivity index (χ2v) is 26.2. The zero-order chi connectivity index (χ0) is 51.7. The van der Waals surface area contributed by atoms with Crippen molar-refractivity contribution in [3.05, 3.63) is 106 Å². The Balaban J connectivity index is 0.866. The number of piperidine rings is 1. The standard InChI is InChI=1S/C54H66N8O10S2/c1-34(2)40-6-4-5-7-41(40)48-33-73(67,68)25-23-60(48)38-29-54(30-38)18-21-59(22-19-54)37-8-10-42(45(27-37)61-44-15-24-71-32-49(44)72-52-47(61)26-36-14-20-55-50(36)57-52)51(63)58-74(69,70)39-9-11-43(46(28-39)62(65)66)56-31-35-12-16-53(3,64)17-13-35/h4-11,14,20,26-28,34-35,38,44,48-49,56,64H,12-13,15-19,21-25,29-33H2,1-3H3,(H,55,57)(H,58,63)/t35-,44-,48-,49-,53-/m0/s1. The fraction of sp³-hybridized carbons (Fsp3) is 0.519. The zero-order valence-electron chi connectivity index (χ0n) is 42.2. The number of aromatic nitrogens is 2. The summed E-state index contributed by atoms with van der Waals surface area (Å²) in [6, 6.07) is 21.0. The summed E-state index contributed by atoms with van der Waals surface area (Å²) < 4.78 is 69.3. The van der Waals surface area contributed by atoms with Crippen molar-refractivity contribution in [3.8, 4) is 5.88 Å². The first-order chi connectivity index (χ1) is 35.3. The third-order valence-corrected chi connectivity index (χ3v) is 20.0. The van der Waals surface area contributed by atoms with Crippen molar-refractivity contribution in [1.29, 1.82) is 0 Å². The van der Waals surface area contributed by atoms with E-state index in [4.69, 9.17) is 14.5 Å². The second kappa shape index (κ2) is 19.4. The fourth-order valence-electron chi connectivity index (χ4n) is 12.7. The van der Waals surface area contributed by atoms with Gasteiger partial charge in [-0.1, -0.05) is 38.1 Å². The highest BCUT2D eigenvalue weighted by atomic mass is 32.2. The molecule has 0 unspecified atom stereocenters. The predicted molar refractivity (Wildman–Crippen MR) is 283 cm³/mol. The van der Waals surface area contributed by atoms with Gasteiger partial charge in [0.1, 0.15) is 23.1 Å². The maximum absolute atomic E-state index is 14.7. The Labute approximate surface area is 432 Å². The zero-order valence-corrected chi connectivity index (χ0v) is 43.8. The average molecular weight is 1050 g/mol. The number of carbonyl (C=O) groups excluding carboxylic acids is 1. The molecule has 5 fully saturated rings. The number of amides is 1. The average Bonchev–Trinajstić information content (AvgIpc) is 3.83. The number of hydrogen-bond donors (Lipinski definition) is 4. The number of aromatic amines is 1. The molecule has 0 radical (unpaired) electrons. The molecule has 3 atom stereocenters. The minimum Gasteiger partial charge on any atom is -0.468 e. The molecule has 74 heavy (non-hydrogen) atoms. The lowest BCUT2D eigenvalue weighted by Crippen LogP contribution is -2.58. The molecule has 2 aliphatic carbocycles. The van der Waals surface area contributed by atoms with Crippen molar-refractivity contribution in [3.63, 3.8) is 0 Å². The molecule has 3 aromatic carbocycles. The molecule has 5 aromatic rings. The van der Waals surface area contributed by atoms with E-state index in [0.717, 1.165) is 74.3 Å². The molecule has 6 heterocycles. The van der Waals surface area contributed by atoms with Crippen molar-refractivity contribution in [1.82, 2.24) is 19.6 Å². The van der Waals surface area contributed by atoms with E-state index in [2.05, 4.69) is 50.8 Å². The van der Waals surface area contributed by atoms with Crippen LogP contribution in [0.2, 0.25) is 0 Å². The number of pyridine rings is 1. The molecule has 394 valence electrons. The normalized spacial score (nSPS) is 26.0. The van der Waals surface area contributed by atoms with E-state index >= 15 is 0 Å². The summed E-state index contributed by atoms with van der Waals surface area (Å²) in [4.78, 5) is 40.8. The van der Waals surface area contributed by atoms with Crippen molar-refractivity contribution in [2.24, 2.45) is 11.3 Å². The van der Waals surface area contributed by atoms with Crippen LogP contribution in [0.5, 0.6) is 5.88 Å². The van der Waals surface area contributed by atoms with Gasteiger partial charge in [0, 0.05) is 68.2 Å². The van der Waals surface area contributed by atoms with Crippen LogP contribution in [0.1, 0.15) is 112 Å². The second-order valence-electron chi connectivity index (χ2n) is 22.3. The smallest absolute Gasteiger partial charge is 0.293 e. The maximum Gasteiger partial charge on any atom is 0.293 e. The van der Waals surface area contributed by atoms with E-state index in [0.29, 0.717) is 61.9 Å². The Bertz CT molecular complexity index is 3190. The largest absolute Gasteiger partial charge is 0.468 e. The van der Waals surface area contributed by atoms with Crippen LogP contribution in [0.25, 0.3) is 11.0 Å². The third kappa shape index (κ3) is 9.83. The van der Waals surface area contributed by atoms with Gasteiger partial charge < -0.3 is 34.7 Å². The Kier molecular flexibility index (Phi) is 13.2. The van der Waals surface area contributed by atoms with Crippen molar-refractivity contribution < 1.29 is 41.1 Å². The van der Waals surface area contributed by atoms with Gasteiger partial charge in [-0.25, -0.2) is 21.6 Å². The molecule has 4 N–H and O–H groups in total. The van der Waals surface area contributed by atoms with E-state index in [1.54, 1.807) is 12.3 Å². The fourth-order valence-corrected chi connectivity index (χ4v) is 15.2. The van der Waals surface area contributed by atoms with E-state index in [1.807, 2.05) is 48.2 Å². The number of ether oxygens (including phenoxy) is 2. The minimum absolute atomic E-state index is 0.0799. The molecule has 1 spiro atoms. The van der Waals surface area contributed by atoms with Crippen LogP contribution in [-0.4, -0.2) is 122 Å². The molecule has 3 saturated heterocycles. The minimum atomic E-state index is -4.65. The van der Waals surface area contributed by atoms with E-state index in [-0.39, 0.29) is 64.7 Å². The number of sulfone groups is 1. The maximum atomic E-state index is 14.7. The summed E-state index contributed by atoms with van der Waals surface area (Å²) in [7, 11) is -7.83. The van der Waals surface area contributed by atoms with Gasteiger partial charge in [-0.05, 0) is 136 Å². The Morgan fingerprint density at radius 1 is 0.986 bits per heavy atom. The van der Waals surface area contributed by atoms with Gasteiger partial charge >= 0.3 is 0 Å². The number of fused-ring (bicyclic) bond motifs is 3. The molecule has 2 saturated carbocycles. The highest BCUT2D eigenvalue weighted by Gasteiger charge is 2.51. The quantitative estimate of drug-likeness (QED) is 0.0686. The first kappa shape index (κ1) is 50.4. The molecular weight excluding hydrogens is 985 g/mol. The number of hydrogen-bond acceptors (Lipinski definition) is 15. The molecule has 2 aromatic heterocycles. The Hall–Kier alpha value is -5.80. The van der Waals surface area contributed by atoms with E-state index in [1.165, 1.54) is 17.7 Å². The number of sulfonamides is 1. The topological polar surface area (TPSA) is 230 Å². The summed E-state index contributed by atoms with van der Waals surface area (Å²) in [5, 5.41) is 26.7. The van der Waals surface area contributed by atoms with Crippen molar-refractivity contribution in [2.75, 3.05) is 66.0 Å². The number of rotatable bonds is 12. The number of carbonyl (C=O) groups is 1. The lowest BCUT2D eigenvalue weighted by atomic mass is 9.59. The third-order valence-electron chi connectivity index (χ3n) is 17.0. The first-order valence-electron chi connectivity index (χ1n) is 26.1. The van der Waals surface area contributed by atoms with Gasteiger partial charge in [0.2, 0.25) is 5.88 Å². The molecule has 18 nitrogen and oxygen atoms in total. The highest BCUT2D eigenvalue weighted by molar-refractivity contribution is 7.91. The first-order valence-corrected chi connectivity index (χ1v) is 29.4. The van der Waals surface area contributed by atoms with Crippen LogP contribution in [0.15, 0.2) is 83.9 Å². The molecule has 6 aliphatic rings. The van der Waals surface area contributed by atoms with Gasteiger partial charge in [0.15, 0.2) is 9.84 Å². The summed E-state index contributed by atoms with van der Waals surface area (Å²) in [5.41, 5.74) is 4.06. The number of aliphatic hydroxyl groups is 1. The van der Waals surface area contributed by atoms with Gasteiger partial charge in [-0.3, -0.25) is 19.8 Å². The molecule has 4 aliphatic heterocycles. The number of H-pyrrole nitrogens is 1. The van der Waals surface area contributed by atoms with Gasteiger partial charge in [0.25, 0.3) is 21.6 Å². The molecular formula is C54H66N8O10S2. The van der Waals surface area contributed by atoms with Crippen LogP contribution in [0.3, 0.4) is 0 Å². The van der Waals surface area contributed by atoms with Crippen molar-refractivity contribution >= 4 is 65.2 Å². The molecule has 20 heteroatoms. The Morgan fingerprint density at radius 3 is 2.51 bits per heavy atom. The summed E-state index contributed by atoms with van der Waals surface area (Å²) in [6.07, 6.45) is 8.47. The van der Waals surface area contributed by atoms with Gasteiger partial charge in [0.05, 0.1) is 50.8 Å². The SMILES string of the molecule is CC(C)c1ccccc1[C@@H]1CS(=O)(=O)CCN1C1CC2(CCN(c3ccc(C(=O)NS(=O)(=O)c4ccc(NC[C@H]5CC[C@](C)(O)CC5)c([N+](=O)[O-])c4)c(N4c5cc6cc[nH]c6nc5O[C@H]5COCC[C@@H]54)c3)CC2)C1. The number of nitrogens with zero attached hydrogens (tertiary/aromatic N) is 5. The number of nitro groups is 1. The monoisotopic (exact) mass is 1050 g/mol. The van der Waals surface area contributed by atoms with Crippen LogP contribution >= 0.6 is 0 Å². The summed E-state index contributed by atoms with van der Waals surface area (Å²) in [6.45, 7) is 9.28. The summed E-state index contributed by atoms with van der Waals surface area (Å²) >= 11 is 0. The number of nitrogens with one attached hydrogen (secondary N) is 3. The number of anilines is 4. The van der Waals surface area contributed by atoms with Crippen LogP contribution in [-0.2, 0) is 24.6 Å². The summed E-state index contributed by atoms with van der Waals surface area (Å²) in [5.74, 6) is 0.185. The molecule has 11 rings (SSSR count). The van der Waals surface area contributed by atoms with Crippen LogP contribution < -0.4 is 24.6 Å². The number of nitro benzene ring substituents is 1. The molecule has 0 bridgehead atoms.